The van der Waals surface area contributed by atoms with Crippen molar-refractivity contribution in [3.63, 3.8) is 0 Å². The van der Waals surface area contributed by atoms with Gasteiger partial charge in [0.25, 0.3) is 5.91 Å². The first-order chi connectivity index (χ1) is 13.7. The fourth-order valence-corrected chi connectivity index (χ4v) is 2.98. The molecule has 3 aromatic rings. The van der Waals surface area contributed by atoms with Crippen LogP contribution < -0.4 is 10.1 Å². The maximum Gasteiger partial charge on any atom is 0.306 e. The Balaban J connectivity index is 1.34. The van der Waals surface area contributed by atoms with Crippen molar-refractivity contribution in [2.24, 2.45) is 0 Å². The van der Waals surface area contributed by atoms with Crippen LogP contribution in [0.25, 0.3) is 10.9 Å². The van der Waals surface area contributed by atoms with E-state index in [0.717, 1.165) is 27.8 Å². The van der Waals surface area contributed by atoms with E-state index in [0.29, 0.717) is 19.4 Å². The summed E-state index contributed by atoms with van der Waals surface area (Å²) < 4.78 is 10.2. The van der Waals surface area contributed by atoms with Crippen molar-refractivity contribution < 1.29 is 19.1 Å². The normalized spacial score (nSPS) is 10.6. The van der Waals surface area contributed by atoms with Crippen molar-refractivity contribution in [3.05, 3.63) is 65.9 Å². The summed E-state index contributed by atoms with van der Waals surface area (Å²) in [5.41, 5.74) is 3.20. The molecular formula is C22H24N2O4. The molecule has 0 spiro atoms. The molecule has 0 aliphatic carbocycles. The van der Waals surface area contributed by atoms with Gasteiger partial charge in [-0.2, -0.15) is 0 Å². The number of hydrogen-bond donors (Lipinski definition) is 2. The molecule has 2 aromatic carbocycles. The molecule has 0 aliphatic heterocycles. The van der Waals surface area contributed by atoms with E-state index in [-0.39, 0.29) is 24.9 Å². The minimum absolute atomic E-state index is 0.237. The van der Waals surface area contributed by atoms with Crippen molar-refractivity contribution in [2.45, 2.75) is 19.3 Å². The standard InChI is InChI=1S/C22H24N2O4/c1-27-18-9-6-16(7-10-18)12-13-23-21(25)15-28-22(26)11-8-17-14-24-20-5-3-2-4-19(17)20/h2-7,9-10,14,24H,8,11-13,15H2,1H3,(H,23,25). The number of ether oxygens (including phenoxy) is 2. The molecule has 6 nitrogen and oxygen atoms in total. The van der Waals surface area contributed by atoms with Crippen molar-refractivity contribution >= 4 is 22.8 Å². The number of methoxy groups -OCH3 is 1. The molecule has 3 rings (SSSR count). The maximum atomic E-state index is 11.9. The van der Waals surface area contributed by atoms with E-state index in [1.807, 2.05) is 54.7 Å². The lowest BCUT2D eigenvalue weighted by Crippen LogP contribution is -2.30. The number of nitrogens with one attached hydrogen (secondary N) is 2. The Morgan fingerprint density at radius 2 is 1.82 bits per heavy atom. The number of aromatic amines is 1. The van der Waals surface area contributed by atoms with Crippen LogP contribution in [0.3, 0.4) is 0 Å². The van der Waals surface area contributed by atoms with E-state index < -0.39 is 0 Å². The Morgan fingerprint density at radius 3 is 2.61 bits per heavy atom. The highest BCUT2D eigenvalue weighted by molar-refractivity contribution is 5.84. The number of para-hydroxylation sites is 1. The molecule has 0 radical (unpaired) electrons. The first-order valence-corrected chi connectivity index (χ1v) is 9.26. The van der Waals surface area contributed by atoms with Crippen LogP contribution in [0.2, 0.25) is 0 Å². The highest BCUT2D eigenvalue weighted by Gasteiger charge is 2.10. The van der Waals surface area contributed by atoms with E-state index in [9.17, 15) is 9.59 Å². The molecule has 0 aliphatic rings. The fourth-order valence-electron chi connectivity index (χ4n) is 2.98. The monoisotopic (exact) mass is 380 g/mol. The predicted molar refractivity (Wildman–Crippen MR) is 107 cm³/mol. The van der Waals surface area contributed by atoms with Crippen LogP contribution >= 0.6 is 0 Å². The fraction of sp³-hybridized carbons (Fsp3) is 0.273. The van der Waals surface area contributed by atoms with Gasteiger partial charge in [0.15, 0.2) is 6.61 Å². The lowest BCUT2D eigenvalue weighted by Gasteiger charge is -2.07. The van der Waals surface area contributed by atoms with E-state index in [2.05, 4.69) is 10.3 Å². The number of aromatic nitrogens is 1. The van der Waals surface area contributed by atoms with Crippen LogP contribution in [-0.4, -0.2) is 37.1 Å². The predicted octanol–water partition coefficient (Wildman–Crippen LogP) is 3.01. The smallest absolute Gasteiger partial charge is 0.306 e. The van der Waals surface area contributed by atoms with Gasteiger partial charge in [-0.15, -0.1) is 0 Å². The SMILES string of the molecule is COc1ccc(CCNC(=O)COC(=O)CCc2c[nH]c3ccccc23)cc1. The topological polar surface area (TPSA) is 80.4 Å². The zero-order valence-corrected chi connectivity index (χ0v) is 15.9. The molecule has 1 heterocycles. The van der Waals surface area contributed by atoms with Crippen molar-refractivity contribution in [2.75, 3.05) is 20.3 Å². The molecular weight excluding hydrogens is 356 g/mol. The Bertz CT molecular complexity index is 931. The molecule has 1 aromatic heterocycles. The second-order valence-electron chi connectivity index (χ2n) is 6.47. The van der Waals surface area contributed by atoms with E-state index in [1.54, 1.807) is 7.11 Å². The van der Waals surface area contributed by atoms with Crippen molar-refractivity contribution in [3.8, 4) is 5.75 Å². The number of H-pyrrole nitrogens is 1. The number of fused-ring (bicyclic) bond motifs is 1. The molecule has 0 fully saturated rings. The van der Waals surface area contributed by atoms with Crippen molar-refractivity contribution in [1.29, 1.82) is 0 Å². The van der Waals surface area contributed by atoms with Gasteiger partial charge < -0.3 is 19.8 Å². The summed E-state index contributed by atoms with van der Waals surface area (Å²) in [5, 5.41) is 3.86. The highest BCUT2D eigenvalue weighted by Crippen LogP contribution is 2.19. The third-order valence-electron chi connectivity index (χ3n) is 4.53. The van der Waals surface area contributed by atoms with Crippen LogP contribution in [0, 0.1) is 0 Å². The number of carbonyl (C=O) groups excluding carboxylic acids is 2. The second kappa shape index (κ2) is 9.60. The third kappa shape index (κ3) is 5.36. The highest BCUT2D eigenvalue weighted by atomic mass is 16.5. The van der Waals surface area contributed by atoms with E-state index in [1.165, 1.54) is 0 Å². The zero-order valence-electron chi connectivity index (χ0n) is 15.9. The van der Waals surface area contributed by atoms with Gasteiger partial charge in [0, 0.05) is 30.1 Å². The number of rotatable bonds is 9. The number of esters is 1. The van der Waals surface area contributed by atoms with Gasteiger partial charge in [0.05, 0.1) is 7.11 Å². The van der Waals surface area contributed by atoms with Crippen LogP contribution in [0.5, 0.6) is 5.75 Å². The molecule has 0 saturated carbocycles. The quantitative estimate of drug-likeness (QED) is 0.559. The lowest BCUT2D eigenvalue weighted by atomic mass is 10.1. The van der Waals surface area contributed by atoms with Gasteiger partial charge in [-0.1, -0.05) is 30.3 Å². The molecule has 0 unspecified atom stereocenters. The molecule has 0 atom stereocenters. The summed E-state index contributed by atoms with van der Waals surface area (Å²) in [5.74, 6) is 0.122. The summed E-state index contributed by atoms with van der Waals surface area (Å²) in [6.45, 7) is 0.230. The Hall–Kier alpha value is -3.28. The molecule has 2 N–H and O–H groups in total. The number of carbonyl (C=O) groups is 2. The van der Waals surface area contributed by atoms with Gasteiger partial charge >= 0.3 is 5.97 Å². The summed E-state index contributed by atoms with van der Waals surface area (Å²) in [6.07, 6.45) is 3.41. The van der Waals surface area contributed by atoms with Gasteiger partial charge in [0.2, 0.25) is 0 Å². The van der Waals surface area contributed by atoms with Crippen LogP contribution in [0.15, 0.2) is 54.7 Å². The van der Waals surface area contributed by atoms with Crippen LogP contribution in [0.4, 0.5) is 0 Å². The minimum atomic E-state index is -0.379. The van der Waals surface area contributed by atoms with E-state index in [4.69, 9.17) is 9.47 Å². The number of benzene rings is 2. The van der Waals surface area contributed by atoms with Gasteiger partial charge in [0.1, 0.15) is 5.75 Å². The molecule has 0 saturated heterocycles. The lowest BCUT2D eigenvalue weighted by molar-refractivity contribution is -0.148. The summed E-state index contributed by atoms with van der Waals surface area (Å²) in [6, 6.07) is 15.6. The zero-order chi connectivity index (χ0) is 19.8. The Morgan fingerprint density at radius 1 is 1.04 bits per heavy atom. The number of aryl methyl sites for hydroxylation is 1. The molecule has 1 amide bonds. The summed E-state index contributed by atoms with van der Waals surface area (Å²) >= 11 is 0. The average molecular weight is 380 g/mol. The molecule has 6 heteroatoms. The largest absolute Gasteiger partial charge is 0.497 e. The van der Waals surface area contributed by atoms with Gasteiger partial charge in [-0.3, -0.25) is 9.59 Å². The van der Waals surface area contributed by atoms with Crippen molar-refractivity contribution in [1.82, 2.24) is 10.3 Å². The number of amides is 1. The summed E-state index contributed by atoms with van der Waals surface area (Å²) in [4.78, 5) is 26.9. The molecule has 0 bridgehead atoms. The Labute approximate surface area is 163 Å². The van der Waals surface area contributed by atoms with E-state index >= 15 is 0 Å². The minimum Gasteiger partial charge on any atom is -0.497 e. The van der Waals surface area contributed by atoms with Crippen LogP contribution in [0.1, 0.15) is 17.5 Å². The second-order valence-corrected chi connectivity index (χ2v) is 6.47. The van der Waals surface area contributed by atoms with Gasteiger partial charge in [-0.05, 0) is 42.2 Å². The Kier molecular flexibility index (Phi) is 6.68. The first-order valence-electron chi connectivity index (χ1n) is 9.26. The number of hydrogen-bond acceptors (Lipinski definition) is 4. The van der Waals surface area contributed by atoms with Gasteiger partial charge in [-0.25, -0.2) is 0 Å². The maximum absolute atomic E-state index is 11.9. The first kappa shape index (κ1) is 19.5. The molecule has 28 heavy (non-hydrogen) atoms. The van der Waals surface area contributed by atoms with Crippen LogP contribution in [-0.2, 0) is 27.2 Å². The summed E-state index contributed by atoms with van der Waals surface area (Å²) in [7, 11) is 1.62. The molecule has 146 valence electrons. The average Bonchev–Trinajstić information content (AvgIpc) is 3.14. The third-order valence-corrected chi connectivity index (χ3v) is 4.53.